The molecular formula is C18H19N3O6. The van der Waals surface area contributed by atoms with Crippen LogP contribution in [0.25, 0.3) is 0 Å². The third-order valence-corrected chi connectivity index (χ3v) is 4.80. The Morgan fingerprint density at radius 2 is 1.67 bits per heavy atom. The van der Waals surface area contributed by atoms with Crippen LogP contribution in [0.1, 0.15) is 33.6 Å². The molecule has 0 spiro atoms. The molecule has 1 atom stereocenters. The summed E-state index contributed by atoms with van der Waals surface area (Å²) in [5, 5.41) is 2.19. The second-order valence-electron chi connectivity index (χ2n) is 6.28. The van der Waals surface area contributed by atoms with Gasteiger partial charge >= 0.3 is 0 Å². The molecule has 3 aliphatic heterocycles. The van der Waals surface area contributed by atoms with E-state index in [2.05, 4.69) is 10.2 Å². The zero-order valence-electron chi connectivity index (χ0n) is 14.6. The molecule has 1 aromatic rings. The normalized spacial score (nSPS) is 22.1. The van der Waals surface area contributed by atoms with Gasteiger partial charge in [-0.05, 0) is 24.6 Å². The number of imide groups is 2. The van der Waals surface area contributed by atoms with Crippen LogP contribution >= 0.6 is 0 Å². The van der Waals surface area contributed by atoms with E-state index in [1.165, 1.54) is 0 Å². The predicted octanol–water partition coefficient (Wildman–Crippen LogP) is -0.260. The summed E-state index contributed by atoms with van der Waals surface area (Å²) in [7, 11) is 0. The van der Waals surface area contributed by atoms with Crippen LogP contribution in [0.5, 0.6) is 0 Å². The number of nitrogens with zero attached hydrogens (tertiary/aromatic N) is 2. The van der Waals surface area contributed by atoms with Crippen LogP contribution in [0.3, 0.4) is 0 Å². The lowest BCUT2D eigenvalue weighted by Crippen LogP contribution is -2.54. The number of fused-ring (bicyclic) bond motifs is 1. The highest BCUT2D eigenvalue weighted by Gasteiger charge is 2.44. The lowest BCUT2D eigenvalue weighted by atomic mass is 10.0. The number of anilines is 1. The number of carbonyl (C=O) groups is 5. The third-order valence-electron chi connectivity index (χ3n) is 4.80. The molecule has 0 bridgehead atoms. The summed E-state index contributed by atoms with van der Waals surface area (Å²) in [6.45, 7) is 4.67. The Morgan fingerprint density at radius 1 is 1.00 bits per heavy atom. The number of hydrogen-bond acceptors (Lipinski definition) is 7. The van der Waals surface area contributed by atoms with Gasteiger partial charge in [0.1, 0.15) is 12.8 Å². The Balaban J connectivity index is 0.00000102. The van der Waals surface area contributed by atoms with Gasteiger partial charge in [-0.2, -0.15) is 0 Å². The molecule has 4 rings (SSSR count). The number of rotatable bonds is 2. The molecule has 0 saturated carbocycles. The number of piperidine rings is 1. The Labute approximate surface area is 155 Å². The summed E-state index contributed by atoms with van der Waals surface area (Å²) >= 11 is 0. The molecular weight excluding hydrogens is 354 g/mol. The lowest BCUT2D eigenvalue weighted by Gasteiger charge is -2.29. The van der Waals surface area contributed by atoms with Crippen LogP contribution in [0.2, 0.25) is 0 Å². The number of amides is 4. The van der Waals surface area contributed by atoms with Gasteiger partial charge in [-0.3, -0.25) is 29.4 Å². The maximum Gasteiger partial charge on any atom is 0.262 e. The molecule has 3 heterocycles. The minimum atomic E-state index is -0.933. The quantitative estimate of drug-likeness (QED) is 0.711. The van der Waals surface area contributed by atoms with Gasteiger partial charge in [0.2, 0.25) is 11.8 Å². The number of ether oxygens (including phenoxy) is 1. The molecule has 1 aromatic carbocycles. The first-order valence-electron chi connectivity index (χ1n) is 8.53. The van der Waals surface area contributed by atoms with Crippen LogP contribution in [0.15, 0.2) is 18.2 Å². The Kier molecular flexibility index (Phi) is 5.31. The molecule has 1 unspecified atom stereocenters. The molecule has 9 nitrogen and oxygen atoms in total. The zero-order valence-corrected chi connectivity index (χ0v) is 14.6. The molecule has 2 saturated heterocycles. The van der Waals surface area contributed by atoms with Crippen LogP contribution < -0.4 is 10.2 Å². The van der Waals surface area contributed by atoms with Crippen molar-refractivity contribution in [1.29, 1.82) is 0 Å². The summed E-state index contributed by atoms with van der Waals surface area (Å²) in [4.78, 5) is 59.8. The van der Waals surface area contributed by atoms with Crippen molar-refractivity contribution in [2.45, 2.75) is 18.9 Å². The summed E-state index contributed by atoms with van der Waals surface area (Å²) in [6.07, 6.45) is 0.273. The molecule has 0 radical (unpaired) electrons. The molecule has 27 heavy (non-hydrogen) atoms. The minimum Gasteiger partial charge on any atom is -0.378 e. The summed E-state index contributed by atoms with van der Waals surface area (Å²) < 4.78 is 5.33. The van der Waals surface area contributed by atoms with Gasteiger partial charge in [0, 0.05) is 25.2 Å². The van der Waals surface area contributed by atoms with E-state index >= 15 is 0 Å². The molecule has 3 aliphatic rings. The monoisotopic (exact) mass is 373 g/mol. The highest BCUT2D eigenvalue weighted by atomic mass is 16.5. The van der Waals surface area contributed by atoms with E-state index < -0.39 is 23.8 Å². The fourth-order valence-corrected chi connectivity index (χ4v) is 3.48. The first-order valence-corrected chi connectivity index (χ1v) is 8.53. The van der Waals surface area contributed by atoms with Crippen molar-refractivity contribution in [2.75, 3.05) is 31.2 Å². The smallest absolute Gasteiger partial charge is 0.262 e. The van der Waals surface area contributed by atoms with E-state index in [1.807, 2.05) is 12.9 Å². The van der Waals surface area contributed by atoms with E-state index in [-0.39, 0.29) is 18.7 Å². The number of carbonyl (C=O) groups excluding carboxylic acids is 5. The van der Waals surface area contributed by atoms with Crippen molar-refractivity contribution >= 4 is 36.1 Å². The number of morpholine rings is 1. The highest BCUT2D eigenvalue weighted by Crippen LogP contribution is 2.30. The zero-order chi connectivity index (χ0) is 19.6. The maximum absolute atomic E-state index is 12.8. The fraction of sp³-hybridized carbons (Fsp3) is 0.389. The Hall–Kier alpha value is -3.07. The SMILES string of the molecule is C=O.O=C1CCC(N2C(=O)c3ccc(N4CCOCC4)cc3C2=O)C(=O)N1. The second kappa shape index (κ2) is 7.67. The molecule has 1 N–H and O–H groups in total. The number of nitrogens with one attached hydrogen (secondary N) is 1. The largest absolute Gasteiger partial charge is 0.378 e. The topological polar surface area (TPSA) is 113 Å². The standard InChI is InChI=1S/C17H17N3O5.CH2O/c21-14-4-3-13(15(22)18-14)20-16(23)11-2-1-10(9-12(11)17(20)24)19-5-7-25-8-6-19;1-2/h1-2,9,13H,3-8H2,(H,18,21,22);1H2. The van der Waals surface area contributed by atoms with Crippen LogP contribution in [0.4, 0.5) is 5.69 Å². The second-order valence-corrected chi connectivity index (χ2v) is 6.28. The van der Waals surface area contributed by atoms with Crippen LogP contribution in [-0.4, -0.2) is 67.7 Å². The molecule has 4 amide bonds. The fourth-order valence-electron chi connectivity index (χ4n) is 3.48. The van der Waals surface area contributed by atoms with Crippen molar-refractivity contribution in [3.63, 3.8) is 0 Å². The van der Waals surface area contributed by atoms with Gasteiger partial charge < -0.3 is 14.4 Å². The van der Waals surface area contributed by atoms with Crippen molar-refractivity contribution in [2.24, 2.45) is 0 Å². The summed E-state index contributed by atoms with van der Waals surface area (Å²) in [6, 6.07) is 4.21. The van der Waals surface area contributed by atoms with Gasteiger partial charge in [0.15, 0.2) is 0 Å². The predicted molar refractivity (Wildman–Crippen MR) is 93.3 cm³/mol. The van der Waals surface area contributed by atoms with Crippen molar-refractivity contribution in [1.82, 2.24) is 10.2 Å². The molecule has 0 aromatic heterocycles. The lowest BCUT2D eigenvalue weighted by molar-refractivity contribution is -0.136. The first kappa shape index (κ1) is 18.7. The number of benzene rings is 1. The maximum atomic E-state index is 12.8. The Morgan fingerprint density at radius 3 is 2.33 bits per heavy atom. The van der Waals surface area contributed by atoms with E-state index in [0.717, 1.165) is 23.7 Å². The van der Waals surface area contributed by atoms with E-state index in [9.17, 15) is 19.2 Å². The molecule has 9 heteroatoms. The molecule has 2 fully saturated rings. The summed E-state index contributed by atoms with van der Waals surface area (Å²) in [5.41, 5.74) is 1.46. The average molecular weight is 373 g/mol. The van der Waals surface area contributed by atoms with Crippen molar-refractivity contribution in [3.8, 4) is 0 Å². The third kappa shape index (κ3) is 3.33. The van der Waals surface area contributed by atoms with Gasteiger partial charge in [-0.15, -0.1) is 0 Å². The van der Waals surface area contributed by atoms with Gasteiger partial charge in [0.05, 0.1) is 24.3 Å². The van der Waals surface area contributed by atoms with Crippen LogP contribution in [0, 0.1) is 0 Å². The van der Waals surface area contributed by atoms with E-state index in [1.54, 1.807) is 12.1 Å². The van der Waals surface area contributed by atoms with E-state index in [0.29, 0.717) is 24.3 Å². The molecule has 142 valence electrons. The van der Waals surface area contributed by atoms with Crippen LogP contribution in [-0.2, 0) is 19.1 Å². The molecule has 0 aliphatic carbocycles. The summed E-state index contributed by atoms with van der Waals surface area (Å²) in [5.74, 6) is -1.95. The van der Waals surface area contributed by atoms with Gasteiger partial charge in [-0.1, -0.05) is 0 Å². The first-order chi connectivity index (χ1) is 13.1. The Bertz CT molecular complexity index is 802. The van der Waals surface area contributed by atoms with Gasteiger partial charge in [0.25, 0.3) is 11.8 Å². The number of hydrogen-bond donors (Lipinski definition) is 1. The highest BCUT2D eigenvalue weighted by molar-refractivity contribution is 6.23. The van der Waals surface area contributed by atoms with Gasteiger partial charge in [-0.25, -0.2) is 0 Å². The minimum absolute atomic E-state index is 0.114. The van der Waals surface area contributed by atoms with Crippen molar-refractivity contribution in [3.05, 3.63) is 29.3 Å². The van der Waals surface area contributed by atoms with E-state index in [4.69, 9.17) is 9.53 Å². The average Bonchev–Trinajstić information content (AvgIpc) is 2.95. The van der Waals surface area contributed by atoms with Crippen molar-refractivity contribution < 1.29 is 28.7 Å².